The zero-order valence-electron chi connectivity index (χ0n) is 14.0. The Kier molecular flexibility index (Phi) is 4.40. The van der Waals surface area contributed by atoms with E-state index in [2.05, 4.69) is 9.88 Å². The number of benzene rings is 1. The van der Waals surface area contributed by atoms with Crippen molar-refractivity contribution in [3.05, 3.63) is 60.4 Å². The molecule has 2 aromatic rings. The van der Waals surface area contributed by atoms with Crippen molar-refractivity contribution < 1.29 is 14.6 Å². The van der Waals surface area contributed by atoms with E-state index in [1.54, 1.807) is 12.4 Å². The first-order valence-corrected chi connectivity index (χ1v) is 8.79. The third kappa shape index (κ3) is 3.37. The van der Waals surface area contributed by atoms with Gasteiger partial charge in [-0.25, -0.2) is 0 Å². The van der Waals surface area contributed by atoms with Crippen LogP contribution in [0.2, 0.25) is 0 Å². The van der Waals surface area contributed by atoms with Crippen LogP contribution < -0.4 is 4.74 Å². The van der Waals surface area contributed by atoms with E-state index in [1.807, 2.05) is 42.5 Å². The minimum Gasteiger partial charge on any atom is -0.489 e. The van der Waals surface area contributed by atoms with Gasteiger partial charge in [0.1, 0.15) is 11.9 Å². The number of ether oxygens (including phenoxy) is 1. The predicted octanol–water partition coefficient (Wildman–Crippen LogP) is 2.79. The van der Waals surface area contributed by atoms with Crippen molar-refractivity contribution in [2.24, 2.45) is 5.92 Å². The van der Waals surface area contributed by atoms with Crippen LogP contribution in [0.3, 0.4) is 0 Å². The third-order valence-corrected chi connectivity index (χ3v) is 5.42. The van der Waals surface area contributed by atoms with Crippen molar-refractivity contribution in [3.8, 4) is 5.75 Å². The Hall–Kier alpha value is -2.40. The van der Waals surface area contributed by atoms with Gasteiger partial charge in [0.25, 0.3) is 0 Å². The molecule has 0 amide bonds. The molecule has 1 aromatic heterocycles. The van der Waals surface area contributed by atoms with Crippen LogP contribution >= 0.6 is 0 Å². The summed E-state index contributed by atoms with van der Waals surface area (Å²) in [5, 5.41) is 9.62. The lowest BCUT2D eigenvalue weighted by Crippen LogP contribution is -2.48. The summed E-state index contributed by atoms with van der Waals surface area (Å²) in [6.45, 7) is 1.43. The zero-order chi connectivity index (χ0) is 17.2. The smallest absolute Gasteiger partial charge is 0.308 e. The summed E-state index contributed by atoms with van der Waals surface area (Å²) in [7, 11) is 0. The highest BCUT2D eigenvalue weighted by atomic mass is 16.5. The second kappa shape index (κ2) is 6.84. The molecule has 2 atom stereocenters. The van der Waals surface area contributed by atoms with Crippen molar-refractivity contribution in [2.75, 3.05) is 13.1 Å². The lowest BCUT2D eigenvalue weighted by Gasteiger charge is -2.41. The van der Waals surface area contributed by atoms with Crippen molar-refractivity contribution in [3.63, 3.8) is 0 Å². The van der Waals surface area contributed by atoms with Gasteiger partial charge in [0.2, 0.25) is 0 Å². The van der Waals surface area contributed by atoms with Crippen LogP contribution in [0.1, 0.15) is 24.3 Å². The first-order valence-electron chi connectivity index (χ1n) is 8.79. The SMILES string of the molecule is O=C(O)C1CN(C2CC(Oc3cccnc3)C2)CC1c1ccccc1. The highest BCUT2D eigenvalue weighted by Crippen LogP contribution is 2.38. The molecule has 0 spiro atoms. The summed E-state index contributed by atoms with van der Waals surface area (Å²) >= 11 is 0. The van der Waals surface area contributed by atoms with E-state index in [4.69, 9.17) is 4.74 Å². The Bertz CT molecular complexity index is 716. The van der Waals surface area contributed by atoms with Gasteiger partial charge >= 0.3 is 5.97 Å². The second-order valence-electron chi connectivity index (χ2n) is 6.97. The monoisotopic (exact) mass is 338 g/mol. The number of carbonyl (C=O) groups is 1. The molecule has 2 aliphatic rings. The first kappa shape index (κ1) is 16.1. The number of aromatic nitrogens is 1. The maximum Gasteiger partial charge on any atom is 0.308 e. The van der Waals surface area contributed by atoms with Gasteiger partial charge in [0, 0.05) is 44.1 Å². The number of nitrogens with zero attached hydrogens (tertiary/aromatic N) is 2. The molecule has 5 nitrogen and oxygen atoms in total. The molecule has 0 bridgehead atoms. The molecule has 1 N–H and O–H groups in total. The first-order chi connectivity index (χ1) is 12.2. The summed E-state index contributed by atoms with van der Waals surface area (Å²) in [5.74, 6) is -0.158. The molecular weight excluding hydrogens is 316 g/mol. The number of likely N-dealkylation sites (tertiary alicyclic amines) is 1. The summed E-state index contributed by atoms with van der Waals surface area (Å²) in [4.78, 5) is 18.1. The van der Waals surface area contributed by atoms with Crippen molar-refractivity contribution >= 4 is 5.97 Å². The van der Waals surface area contributed by atoms with E-state index >= 15 is 0 Å². The minimum atomic E-state index is -0.696. The molecule has 2 heterocycles. The maximum atomic E-state index is 11.7. The molecular formula is C20H22N2O3. The summed E-state index contributed by atoms with van der Waals surface area (Å²) in [6.07, 6.45) is 5.56. The largest absolute Gasteiger partial charge is 0.489 e. The second-order valence-corrected chi connectivity index (χ2v) is 6.97. The fourth-order valence-corrected chi connectivity index (χ4v) is 3.96. The molecule has 0 radical (unpaired) electrons. The van der Waals surface area contributed by atoms with Crippen LogP contribution in [-0.4, -0.2) is 46.2 Å². The van der Waals surface area contributed by atoms with Gasteiger partial charge in [0.05, 0.1) is 12.1 Å². The Morgan fingerprint density at radius 2 is 1.92 bits per heavy atom. The summed E-state index contributed by atoms with van der Waals surface area (Å²) < 4.78 is 5.92. The number of hydrogen-bond donors (Lipinski definition) is 1. The van der Waals surface area contributed by atoms with E-state index in [1.165, 1.54) is 0 Å². The number of carboxylic acids is 1. The lowest BCUT2D eigenvalue weighted by molar-refractivity contribution is -0.141. The van der Waals surface area contributed by atoms with E-state index in [0.717, 1.165) is 30.7 Å². The van der Waals surface area contributed by atoms with Gasteiger partial charge in [-0.1, -0.05) is 30.3 Å². The molecule has 1 aliphatic carbocycles. The third-order valence-electron chi connectivity index (χ3n) is 5.42. The normalized spacial score (nSPS) is 29.1. The number of carboxylic acid groups (broad SMARTS) is 1. The van der Waals surface area contributed by atoms with Crippen LogP contribution in [0.15, 0.2) is 54.9 Å². The van der Waals surface area contributed by atoms with Gasteiger partial charge in [-0.15, -0.1) is 0 Å². The number of hydrogen-bond acceptors (Lipinski definition) is 4. The predicted molar refractivity (Wildman–Crippen MR) is 93.6 cm³/mol. The van der Waals surface area contributed by atoms with E-state index in [9.17, 15) is 9.90 Å². The van der Waals surface area contributed by atoms with Gasteiger partial charge < -0.3 is 9.84 Å². The van der Waals surface area contributed by atoms with Gasteiger partial charge in [0.15, 0.2) is 0 Å². The van der Waals surface area contributed by atoms with E-state index < -0.39 is 5.97 Å². The van der Waals surface area contributed by atoms with Crippen molar-refractivity contribution in [2.45, 2.75) is 30.9 Å². The van der Waals surface area contributed by atoms with Crippen LogP contribution in [0.4, 0.5) is 0 Å². The quantitative estimate of drug-likeness (QED) is 0.908. The highest BCUT2D eigenvalue weighted by molar-refractivity contribution is 5.72. The molecule has 1 aromatic carbocycles. The van der Waals surface area contributed by atoms with Crippen LogP contribution in [0.25, 0.3) is 0 Å². The lowest BCUT2D eigenvalue weighted by atomic mass is 9.88. The maximum absolute atomic E-state index is 11.7. The average molecular weight is 338 g/mol. The van der Waals surface area contributed by atoms with Gasteiger partial charge in [-0.2, -0.15) is 0 Å². The molecule has 1 aliphatic heterocycles. The van der Waals surface area contributed by atoms with Gasteiger partial charge in [-0.05, 0) is 17.7 Å². The molecule has 130 valence electrons. The molecule has 1 saturated heterocycles. The summed E-state index contributed by atoms with van der Waals surface area (Å²) in [6, 6.07) is 14.2. The Morgan fingerprint density at radius 3 is 2.60 bits per heavy atom. The van der Waals surface area contributed by atoms with Gasteiger partial charge in [-0.3, -0.25) is 14.7 Å². The Morgan fingerprint density at radius 1 is 1.12 bits per heavy atom. The van der Waals surface area contributed by atoms with Crippen LogP contribution in [0.5, 0.6) is 5.75 Å². The molecule has 4 rings (SSSR count). The van der Waals surface area contributed by atoms with Crippen molar-refractivity contribution in [1.29, 1.82) is 0 Å². The topological polar surface area (TPSA) is 62.7 Å². The fourth-order valence-electron chi connectivity index (χ4n) is 3.96. The number of pyridine rings is 1. The number of rotatable bonds is 5. The van der Waals surface area contributed by atoms with Crippen LogP contribution in [-0.2, 0) is 4.79 Å². The van der Waals surface area contributed by atoms with E-state index in [0.29, 0.717) is 12.6 Å². The molecule has 2 unspecified atom stereocenters. The number of aliphatic carboxylic acids is 1. The standard InChI is InChI=1S/C20H22N2O3/c23-20(24)19-13-22(12-18(19)14-5-2-1-3-6-14)15-9-17(10-15)25-16-7-4-8-21-11-16/h1-8,11,15,17-19H,9-10,12-13H2,(H,23,24). The fraction of sp³-hybridized carbons (Fsp3) is 0.400. The Labute approximate surface area is 147 Å². The molecule has 2 fully saturated rings. The Balaban J connectivity index is 1.37. The molecule has 1 saturated carbocycles. The average Bonchev–Trinajstić information content (AvgIpc) is 3.04. The molecule has 25 heavy (non-hydrogen) atoms. The van der Waals surface area contributed by atoms with E-state index in [-0.39, 0.29) is 17.9 Å². The van der Waals surface area contributed by atoms with Crippen molar-refractivity contribution in [1.82, 2.24) is 9.88 Å². The summed E-state index contributed by atoms with van der Waals surface area (Å²) in [5.41, 5.74) is 1.12. The molecule has 5 heteroatoms. The minimum absolute atomic E-state index is 0.0667. The highest BCUT2D eigenvalue weighted by Gasteiger charge is 2.44. The van der Waals surface area contributed by atoms with Crippen LogP contribution in [0, 0.1) is 5.92 Å². The zero-order valence-corrected chi connectivity index (χ0v) is 14.0.